The van der Waals surface area contributed by atoms with Gasteiger partial charge in [-0.2, -0.15) is 4.98 Å². The summed E-state index contributed by atoms with van der Waals surface area (Å²) in [4.78, 5) is 6.71. The highest BCUT2D eigenvalue weighted by Gasteiger charge is 2.23. The summed E-state index contributed by atoms with van der Waals surface area (Å²) in [6.45, 7) is 9.01. The van der Waals surface area contributed by atoms with Crippen molar-refractivity contribution in [3.63, 3.8) is 0 Å². The third-order valence-electron chi connectivity index (χ3n) is 3.32. The lowest BCUT2D eigenvalue weighted by atomic mass is 10.1. The molecule has 2 rings (SSSR count). The van der Waals surface area contributed by atoms with E-state index in [0.717, 1.165) is 38.2 Å². The molecule has 1 unspecified atom stereocenters. The van der Waals surface area contributed by atoms with Crippen molar-refractivity contribution in [2.24, 2.45) is 0 Å². The average molecular weight is 267 g/mol. The van der Waals surface area contributed by atoms with E-state index in [1.165, 1.54) is 0 Å². The van der Waals surface area contributed by atoms with Crippen molar-refractivity contribution in [3.8, 4) is 0 Å². The zero-order chi connectivity index (χ0) is 13.9. The van der Waals surface area contributed by atoms with Crippen molar-refractivity contribution < 1.29 is 9.15 Å². The van der Waals surface area contributed by atoms with Gasteiger partial charge in [0, 0.05) is 32.3 Å². The Labute approximate surface area is 115 Å². The van der Waals surface area contributed by atoms with Crippen LogP contribution in [0.15, 0.2) is 10.7 Å². The lowest BCUT2D eigenvalue weighted by Crippen LogP contribution is -2.39. The molecule has 108 valence electrons. The van der Waals surface area contributed by atoms with Gasteiger partial charge in [-0.1, -0.05) is 0 Å². The van der Waals surface area contributed by atoms with Crippen molar-refractivity contribution in [2.45, 2.75) is 51.8 Å². The molecule has 1 aromatic rings. The predicted octanol–water partition coefficient (Wildman–Crippen LogP) is 2.18. The molecule has 19 heavy (non-hydrogen) atoms. The van der Waals surface area contributed by atoms with Gasteiger partial charge in [0.25, 0.3) is 6.01 Å². The third-order valence-corrected chi connectivity index (χ3v) is 3.32. The van der Waals surface area contributed by atoms with Crippen LogP contribution in [0.4, 0.5) is 6.01 Å². The van der Waals surface area contributed by atoms with E-state index in [1.54, 1.807) is 13.4 Å². The molecule has 0 spiro atoms. The average Bonchev–Trinajstić information content (AvgIpc) is 2.84. The van der Waals surface area contributed by atoms with Crippen LogP contribution in [-0.2, 0) is 11.3 Å². The molecular weight excluding hydrogens is 242 g/mol. The minimum Gasteiger partial charge on any atom is -0.432 e. The number of hydrogen-bond donors (Lipinski definition) is 1. The number of anilines is 1. The van der Waals surface area contributed by atoms with Crippen molar-refractivity contribution >= 4 is 6.01 Å². The number of rotatable bonds is 4. The van der Waals surface area contributed by atoms with Crippen molar-refractivity contribution in [1.29, 1.82) is 0 Å². The Hall–Kier alpha value is -1.07. The highest BCUT2D eigenvalue weighted by molar-refractivity contribution is 5.28. The molecule has 2 heterocycles. The number of ether oxygens (including phenoxy) is 1. The Balaban J connectivity index is 1.93. The van der Waals surface area contributed by atoms with Gasteiger partial charge in [-0.15, -0.1) is 0 Å². The Morgan fingerprint density at radius 2 is 2.32 bits per heavy atom. The van der Waals surface area contributed by atoms with Crippen LogP contribution >= 0.6 is 0 Å². The van der Waals surface area contributed by atoms with Crippen LogP contribution in [0.2, 0.25) is 0 Å². The molecule has 1 aromatic heterocycles. The smallest absolute Gasteiger partial charge is 0.297 e. The molecule has 0 bridgehead atoms. The van der Waals surface area contributed by atoms with Crippen molar-refractivity contribution in [3.05, 3.63) is 12.0 Å². The number of nitrogens with zero attached hydrogens (tertiary/aromatic N) is 2. The number of hydrogen-bond acceptors (Lipinski definition) is 5. The number of oxazole rings is 1. The zero-order valence-corrected chi connectivity index (χ0v) is 12.4. The highest BCUT2D eigenvalue weighted by atomic mass is 16.5. The molecule has 1 aliphatic rings. The maximum absolute atomic E-state index is 5.58. The molecule has 5 heteroatoms. The fraction of sp³-hybridized carbons (Fsp3) is 0.786. The molecule has 1 atom stereocenters. The fourth-order valence-electron chi connectivity index (χ4n) is 2.18. The molecule has 0 aromatic carbocycles. The standard InChI is InChI=1S/C14H25N3O2/c1-14(2,3)15-8-11-10-19-13(16-11)17-7-5-6-12(9-17)18-4/h10,12,15H,5-9H2,1-4H3. The van der Waals surface area contributed by atoms with Crippen molar-refractivity contribution in [1.82, 2.24) is 10.3 Å². The summed E-state index contributed by atoms with van der Waals surface area (Å²) in [7, 11) is 1.77. The van der Waals surface area contributed by atoms with Crippen LogP contribution in [-0.4, -0.2) is 36.8 Å². The largest absolute Gasteiger partial charge is 0.432 e. The van der Waals surface area contributed by atoms with Gasteiger partial charge in [0.1, 0.15) is 6.26 Å². The number of piperidine rings is 1. The lowest BCUT2D eigenvalue weighted by Gasteiger charge is -2.30. The maximum atomic E-state index is 5.58. The Morgan fingerprint density at radius 3 is 3.00 bits per heavy atom. The second kappa shape index (κ2) is 5.92. The van der Waals surface area contributed by atoms with E-state index in [9.17, 15) is 0 Å². The van der Waals surface area contributed by atoms with Gasteiger partial charge >= 0.3 is 0 Å². The Kier molecular flexibility index (Phi) is 4.47. The molecule has 0 aliphatic carbocycles. The monoisotopic (exact) mass is 267 g/mol. The summed E-state index contributed by atoms with van der Waals surface area (Å²) in [5, 5.41) is 3.41. The predicted molar refractivity (Wildman–Crippen MR) is 75.3 cm³/mol. The minimum absolute atomic E-state index is 0.0887. The minimum atomic E-state index is 0.0887. The van der Waals surface area contributed by atoms with Gasteiger partial charge in [-0.3, -0.25) is 0 Å². The van der Waals surface area contributed by atoms with Gasteiger partial charge in [-0.05, 0) is 33.6 Å². The topological polar surface area (TPSA) is 50.5 Å². The van der Waals surface area contributed by atoms with E-state index in [1.807, 2.05) is 0 Å². The molecule has 5 nitrogen and oxygen atoms in total. The fourth-order valence-corrected chi connectivity index (χ4v) is 2.18. The van der Waals surface area contributed by atoms with Crippen LogP contribution in [0.5, 0.6) is 0 Å². The Morgan fingerprint density at radius 1 is 1.53 bits per heavy atom. The van der Waals surface area contributed by atoms with Gasteiger partial charge in [0.05, 0.1) is 11.8 Å². The quantitative estimate of drug-likeness (QED) is 0.906. The normalized spacial score (nSPS) is 20.8. The molecule has 1 N–H and O–H groups in total. The van der Waals surface area contributed by atoms with E-state index < -0.39 is 0 Å². The van der Waals surface area contributed by atoms with Crippen LogP contribution in [0.25, 0.3) is 0 Å². The molecule has 0 radical (unpaired) electrons. The molecule has 1 aliphatic heterocycles. The summed E-state index contributed by atoms with van der Waals surface area (Å²) in [6.07, 6.45) is 4.27. The van der Waals surface area contributed by atoms with Crippen LogP contribution in [0.1, 0.15) is 39.3 Å². The first-order valence-corrected chi connectivity index (χ1v) is 6.95. The maximum Gasteiger partial charge on any atom is 0.297 e. The van der Waals surface area contributed by atoms with Crippen molar-refractivity contribution in [2.75, 3.05) is 25.1 Å². The summed E-state index contributed by atoms with van der Waals surface area (Å²) in [6, 6.07) is 0.715. The van der Waals surface area contributed by atoms with Crippen LogP contribution in [0.3, 0.4) is 0 Å². The van der Waals surface area contributed by atoms with Gasteiger partial charge in [0.15, 0.2) is 0 Å². The van der Waals surface area contributed by atoms with E-state index in [4.69, 9.17) is 9.15 Å². The van der Waals surface area contributed by atoms with E-state index in [0.29, 0.717) is 6.01 Å². The first kappa shape index (κ1) is 14.3. The summed E-state index contributed by atoms with van der Waals surface area (Å²) < 4.78 is 11.0. The molecule has 1 saturated heterocycles. The third kappa shape index (κ3) is 4.21. The first-order chi connectivity index (χ1) is 8.98. The van der Waals surface area contributed by atoms with Crippen LogP contribution in [0, 0.1) is 0 Å². The lowest BCUT2D eigenvalue weighted by molar-refractivity contribution is 0.0879. The number of aromatic nitrogens is 1. The SMILES string of the molecule is COC1CCCN(c2nc(CNC(C)(C)C)co2)C1. The van der Waals surface area contributed by atoms with Gasteiger partial charge in [-0.25, -0.2) is 0 Å². The number of nitrogens with one attached hydrogen (secondary N) is 1. The molecule has 0 amide bonds. The van der Waals surface area contributed by atoms with E-state index >= 15 is 0 Å². The highest BCUT2D eigenvalue weighted by Crippen LogP contribution is 2.20. The molecular formula is C14H25N3O2. The van der Waals surface area contributed by atoms with Gasteiger partial charge in [0.2, 0.25) is 0 Å². The van der Waals surface area contributed by atoms with E-state index in [2.05, 4.69) is 36.0 Å². The van der Waals surface area contributed by atoms with E-state index in [-0.39, 0.29) is 11.6 Å². The Bertz CT molecular complexity index is 398. The molecule has 1 fully saturated rings. The van der Waals surface area contributed by atoms with Gasteiger partial charge < -0.3 is 19.4 Å². The summed E-state index contributed by atoms with van der Waals surface area (Å²) in [5.41, 5.74) is 1.04. The first-order valence-electron chi connectivity index (χ1n) is 6.95. The van der Waals surface area contributed by atoms with Crippen LogP contribution < -0.4 is 10.2 Å². The zero-order valence-electron chi connectivity index (χ0n) is 12.4. The second-order valence-corrected chi connectivity index (χ2v) is 6.17. The molecule has 0 saturated carbocycles. The number of methoxy groups -OCH3 is 1. The second-order valence-electron chi connectivity index (χ2n) is 6.17. The summed E-state index contributed by atoms with van der Waals surface area (Å²) >= 11 is 0. The summed E-state index contributed by atoms with van der Waals surface area (Å²) in [5.74, 6) is 0.